The van der Waals surface area contributed by atoms with Gasteiger partial charge in [0.2, 0.25) is 0 Å². The van der Waals surface area contributed by atoms with E-state index in [4.69, 9.17) is 4.74 Å². The molecule has 3 aromatic rings. The summed E-state index contributed by atoms with van der Waals surface area (Å²) in [7, 11) is 1.68. The average molecular weight is 325 g/mol. The number of hydrogen-bond donors (Lipinski definition) is 0. The second-order valence-corrected chi connectivity index (χ2v) is 6.28. The fourth-order valence-corrected chi connectivity index (χ4v) is 3.28. The van der Waals surface area contributed by atoms with E-state index in [0.717, 1.165) is 28.2 Å². The number of aryl methyl sites for hydroxylation is 2. The van der Waals surface area contributed by atoms with Gasteiger partial charge in [0.1, 0.15) is 11.6 Å². The summed E-state index contributed by atoms with van der Waals surface area (Å²) in [6, 6.07) is 16.5. The molecule has 1 aromatic heterocycles. The van der Waals surface area contributed by atoms with Crippen LogP contribution in [0.3, 0.4) is 0 Å². The normalized spacial score (nSPS) is 10.7. The molecule has 0 aliphatic heterocycles. The molecule has 3 rings (SSSR count). The molecule has 0 aliphatic rings. The zero-order valence-corrected chi connectivity index (χ0v) is 14.3. The average Bonchev–Trinajstić information content (AvgIpc) is 2.95. The quantitative estimate of drug-likeness (QED) is 0.660. The number of hydrogen-bond acceptors (Lipinski definition) is 4. The van der Waals surface area contributed by atoms with Gasteiger partial charge in [-0.25, -0.2) is 0 Å². The Labute approximate surface area is 140 Å². The first-order valence-corrected chi connectivity index (χ1v) is 8.41. The maximum atomic E-state index is 5.27. The molecule has 0 amide bonds. The molecule has 0 N–H and O–H groups in total. The molecule has 4 nitrogen and oxygen atoms in total. The summed E-state index contributed by atoms with van der Waals surface area (Å²) < 4.78 is 7.36. The molecule has 23 heavy (non-hydrogen) atoms. The lowest BCUT2D eigenvalue weighted by Gasteiger charge is -2.09. The number of ether oxygens (including phenoxy) is 1. The highest BCUT2D eigenvalue weighted by molar-refractivity contribution is 7.98. The molecule has 0 spiro atoms. The van der Waals surface area contributed by atoms with Gasteiger partial charge in [-0.3, -0.25) is 4.57 Å². The summed E-state index contributed by atoms with van der Waals surface area (Å²) in [6.07, 6.45) is 0. The van der Waals surface area contributed by atoms with E-state index < -0.39 is 0 Å². The number of methoxy groups -OCH3 is 1. The first-order valence-electron chi connectivity index (χ1n) is 7.42. The van der Waals surface area contributed by atoms with Crippen LogP contribution in [0.1, 0.15) is 17.0 Å². The van der Waals surface area contributed by atoms with Crippen molar-refractivity contribution in [3.05, 3.63) is 65.5 Å². The molecular formula is C18H19N3OS. The van der Waals surface area contributed by atoms with Crippen molar-refractivity contribution >= 4 is 11.8 Å². The summed E-state index contributed by atoms with van der Waals surface area (Å²) in [5.41, 5.74) is 3.53. The maximum Gasteiger partial charge on any atom is 0.196 e. The highest BCUT2D eigenvalue weighted by Gasteiger charge is 2.11. The molecule has 0 saturated heterocycles. The van der Waals surface area contributed by atoms with Crippen molar-refractivity contribution in [3.63, 3.8) is 0 Å². The van der Waals surface area contributed by atoms with Crippen LogP contribution in [0.2, 0.25) is 0 Å². The number of aromatic nitrogens is 3. The van der Waals surface area contributed by atoms with Gasteiger partial charge in [0.25, 0.3) is 0 Å². The number of thioether (sulfide) groups is 1. The highest BCUT2D eigenvalue weighted by Crippen LogP contribution is 2.26. The number of nitrogens with zero attached hydrogens (tertiary/aromatic N) is 3. The lowest BCUT2D eigenvalue weighted by Crippen LogP contribution is -1.99. The molecule has 2 aromatic carbocycles. The molecule has 0 bridgehead atoms. The summed E-state index contributed by atoms with van der Waals surface area (Å²) >= 11 is 1.67. The van der Waals surface area contributed by atoms with Crippen LogP contribution in [0.15, 0.2) is 53.7 Å². The van der Waals surface area contributed by atoms with Crippen LogP contribution in [0.5, 0.6) is 5.75 Å². The molecule has 0 atom stereocenters. The van der Waals surface area contributed by atoms with Gasteiger partial charge in [0, 0.05) is 11.4 Å². The zero-order chi connectivity index (χ0) is 16.2. The fourth-order valence-electron chi connectivity index (χ4n) is 2.34. The molecule has 1 heterocycles. The van der Waals surface area contributed by atoms with Gasteiger partial charge in [-0.1, -0.05) is 41.6 Å². The van der Waals surface area contributed by atoms with Crippen LogP contribution >= 0.6 is 11.8 Å². The van der Waals surface area contributed by atoms with Crippen LogP contribution < -0.4 is 4.74 Å². The first kappa shape index (κ1) is 15.6. The van der Waals surface area contributed by atoms with Gasteiger partial charge < -0.3 is 4.74 Å². The summed E-state index contributed by atoms with van der Waals surface area (Å²) in [4.78, 5) is 0. The molecule has 0 fully saturated rings. The zero-order valence-electron chi connectivity index (χ0n) is 13.5. The van der Waals surface area contributed by atoms with E-state index in [-0.39, 0.29) is 0 Å². The van der Waals surface area contributed by atoms with Gasteiger partial charge in [-0.2, -0.15) is 0 Å². The maximum absolute atomic E-state index is 5.27. The van der Waals surface area contributed by atoms with Gasteiger partial charge in [0.05, 0.1) is 7.11 Å². The summed E-state index contributed by atoms with van der Waals surface area (Å²) in [5, 5.41) is 9.44. The van der Waals surface area contributed by atoms with Crippen LogP contribution in [-0.2, 0) is 5.75 Å². The Morgan fingerprint density at radius 1 is 1.04 bits per heavy atom. The molecule has 0 radical (unpaired) electrons. The Hall–Kier alpha value is -2.27. The standard InChI is InChI=1S/C18H19N3OS/c1-13-7-9-16(10-8-13)21-14(2)19-20-18(21)23-12-15-5-4-6-17(11-15)22-3/h4-11H,12H2,1-3H3. The van der Waals surface area contributed by atoms with E-state index >= 15 is 0 Å². The summed E-state index contributed by atoms with van der Waals surface area (Å²) in [5.74, 6) is 2.59. The Kier molecular flexibility index (Phi) is 4.67. The van der Waals surface area contributed by atoms with Gasteiger partial charge in [-0.05, 0) is 43.7 Å². The van der Waals surface area contributed by atoms with E-state index in [1.807, 2.05) is 25.1 Å². The van der Waals surface area contributed by atoms with Crippen LogP contribution in [0, 0.1) is 13.8 Å². The molecule has 0 unspecified atom stereocenters. The van der Waals surface area contributed by atoms with Crippen molar-refractivity contribution in [2.45, 2.75) is 24.8 Å². The third-order valence-electron chi connectivity index (χ3n) is 3.59. The second-order valence-electron chi connectivity index (χ2n) is 5.34. The minimum Gasteiger partial charge on any atom is -0.497 e. The molecule has 5 heteroatoms. The number of rotatable bonds is 5. The lowest BCUT2D eigenvalue weighted by molar-refractivity contribution is 0.414. The van der Waals surface area contributed by atoms with Gasteiger partial charge >= 0.3 is 0 Å². The minimum atomic E-state index is 0.821. The highest BCUT2D eigenvalue weighted by atomic mass is 32.2. The van der Waals surface area contributed by atoms with E-state index in [9.17, 15) is 0 Å². The predicted molar refractivity (Wildman–Crippen MR) is 93.4 cm³/mol. The predicted octanol–water partition coefficient (Wildman–Crippen LogP) is 4.19. The minimum absolute atomic E-state index is 0.821. The topological polar surface area (TPSA) is 39.9 Å². The van der Waals surface area contributed by atoms with Crippen molar-refractivity contribution in [1.29, 1.82) is 0 Å². The lowest BCUT2D eigenvalue weighted by atomic mass is 10.2. The van der Waals surface area contributed by atoms with Crippen LogP contribution in [0.4, 0.5) is 0 Å². The van der Waals surface area contributed by atoms with E-state index in [2.05, 4.69) is 52.0 Å². The van der Waals surface area contributed by atoms with Crippen molar-refractivity contribution in [2.24, 2.45) is 0 Å². The van der Waals surface area contributed by atoms with Crippen molar-refractivity contribution in [3.8, 4) is 11.4 Å². The summed E-state index contributed by atoms with van der Waals surface area (Å²) in [6.45, 7) is 4.06. The monoisotopic (exact) mass is 325 g/mol. The van der Waals surface area contributed by atoms with Gasteiger partial charge in [-0.15, -0.1) is 10.2 Å². The third kappa shape index (κ3) is 3.56. The van der Waals surface area contributed by atoms with Crippen LogP contribution in [-0.4, -0.2) is 21.9 Å². The first-order chi connectivity index (χ1) is 11.2. The SMILES string of the molecule is COc1cccc(CSc2nnc(C)n2-c2ccc(C)cc2)c1. The largest absolute Gasteiger partial charge is 0.497 e. The van der Waals surface area contributed by atoms with E-state index in [1.54, 1.807) is 18.9 Å². The van der Waals surface area contributed by atoms with E-state index in [1.165, 1.54) is 11.1 Å². The molecule has 0 saturated carbocycles. The second kappa shape index (κ2) is 6.87. The van der Waals surface area contributed by atoms with Crippen molar-refractivity contribution in [2.75, 3.05) is 7.11 Å². The van der Waals surface area contributed by atoms with E-state index in [0.29, 0.717) is 0 Å². The Bertz CT molecular complexity index is 796. The smallest absolute Gasteiger partial charge is 0.196 e. The Balaban J connectivity index is 1.82. The van der Waals surface area contributed by atoms with Crippen molar-refractivity contribution < 1.29 is 4.74 Å². The molecular weight excluding hydrogens is 306 g/mol. The molecule has 118 valence electrons. The van der Waals surface area contributed by atoms with Crippen LogP contribution in [0.25, 0.3) is 5.69 Å². The molecule has 0 aliphatic carbocycles. The Morgan fingerprint density at radius 3 is 2.57 bits per heavy atom. The van der Waals surface area contributed by atoms with Gasteiger partial charge in [0.15, 0.2) is 5.16 Å². The Morgan fingerprint density at radius 2 is 1.83 bits per heavy atom. The third-order valence-corrected chi connectivity index (χ3v) is 4.59. The fraction of sp³-hybridized carbons (Fsp3) is 0.222. The van der Waals surface area contributed by atoms with Crippen molar-refractivity contribution in [1.82, 2.24) is 14.8 Å². The number of benzene rings is 2.